The van der Waals surface area contributed by atoms with Gasteiger partial charge in [0.25, 0.3) is 0 Å². The molecule has 0 aromatic carbocycles. The van der Waals surface area contributed by atoms with Gasteiger partial charge >= 0.3 is 0 Å². The highest BCUT2D eigenvalue weighted by molar-refractivity contribution is 5.05. The lowest BCUT2D eigenvalue weighted by molar-refractivity contribution is -0.111. The summed E-state index contributed by atoms with van der Waals surface area (Å²) in [5.41, 5.74) is 2.33. The molecule has 100 valence electrons. The van der Waals surface area contributed by atoms with E-state index in [-0.39, 0.29) is 12.9 Å². The number of rotatable bonds is 9. The molecule has 0 atom stereocenters. The van der Waals surface area contributed by atoms with Crippen molar-refractivity contribution in [3.8, 4) is 0 Å². The van der Waals surface area contributed by atoms with Gasteiger partial charge in [-0.1, -0.05) is 17.7 Å². The molecule has 0 aliphatic carbocycles. The largest absolute Gasteiger partial charge is 0.392 e. The summed E-state index contributed by atoms with van der Waals surface area (Å²) >= 11 is 0. The molecule has 0 rings (SSSR count). The smallest absolute Gasteiger partial charge is 0.179 e. The highest BCUT2D eigenvalue weighted by Gasteiger charge is 2.09. The molecule has 0 fully saturated rings. The average Bonchev–Trinajstić information content (AvgIpc) is 2.29. The summed E-state index contributed by atoms with van der Waals surface area (Å²) in [6.45, 7) is 9.41. The van der Waals surface area contributed by atoms with Crippen LogP contribution in [0, 0.1) is 0 Å². The van der Waals surface area contributed by atoms with Crippen LogP contribution >= 0.6 is 0 Å². The van der Waals surface area contributed by atoms with Gasteiger partial charge in [-0.2, -0.15) is 0 Å². The van der Waals surface area contributed by atoms with E-state index in [0.717, 1.165) is 18.4 Å². The second-order valence-electron chi connectivity index (χ2n) is 3.96. The average molecular weight is 242 g/mol. The molecule has 0 aromatic rings. The molecular weight excluding hydrogens is 216 g/mol. The summed E-state index contributed by atoms with van der Waals surface area (Å²) in [4.78, 5) is 0. The summed E-state index contributed by atoms with van der Waals surface area (Å²) in [5, 5.41) is 8.74. The molecule has 0 saturated carbocycles. The van der Waals surface area contributed by atoms with Gasteiger partial charge in [0.15, 0.2) is 6.29 Å². The van der Waals surface area contributed by atoms with Gasteiger partial charge in [0.05, 0.1) is 6.61 Å². The van der Waals surface area contributed by atoms with Crippen LogP contribution in [0.1, 0.15) is 40.5 Å². The van der Waals surface area contributed by atoms with Crippen molar-refractivity contribution in [3.05, 3.63) is 23.3 Å². The molecule has 0 radical (unpaired) electrons. The molecule has 3 heteroatoms. The van der Waals surface area contributed by atoms with Gasteiger partial charge < -0.3 is 14.6 Å². The van der Waals surface area contributed by atoms with E-state index in [2.05, 4.69) is 6.08 Å². The van der Waals surface area contributed by atoms with E-state index >= 15 is 0 Å². The molecule has 1 N–H and O–H groups in total. The first kappa shape index (κ1) is 16.4. The monoisotopic (exact) mass is 242 g/mol. The summed E-state index contributed by atoms with van der Waals surface area (Å²) in [6.07, 6.45) is 5.68. The molecule has 17 heavy (non-hydrogen) atoms. The Labute approximate surface area is 105 Å². The Morgan fingerprint density at radius 2 is 1.71 bits per heavy atom. The summed E-state index contributed by atoms with van der Waals surface area (Å²) < 4.78 is 11.0. The number of aliphatic hydroxyl groups is 1. The maximum Gasteiger partial charge on any atom is 0.179 e. The topological polar surface area (TPSA) is 38.7 Å². The third-order valence-corrected chi connectivity index (χ3v) is 2.45. The van der Waals surface area contributed by atoms with Crippen molar-refractivity contribution in [1.82, 2.24) is 0 Å². The molecule has 0 heterocycles. The second kappa shape index (κ2) is 10.5. The zero-order valence-electron chi connectivity index (χ0n) is 11.5. The minimum absolute atomic E-state index is 0.120. The van der Waals surface area contributed by atoms with E-state index in [1.54, 1.807) is 0 Å². The minimum atomic E-state index is -0.216. The molecule has 0 bridgehead atoms. The fourth-order valence-corrected chi connectivity index (χ4v) is 1.50. The summed E-state index contributed by atoms with van der Waals surface area (Å²) in [7, 11) is 0. The van der Waals surface area contributed by atoms with Crippen molar-refractivity contribution in [2.24, 2.45) is 0 Å². The molecule has 0 amide bonds. The van der Waals surface area contributed by atoms with E-state index in [1.165, 1.54) is 5.57 Å². The zero-order chi connectivity index (χ0) is 13.1. The van der Waals surface area contributed by atoms with Crippen molar-refractivity contribution in [1.29, 1.82) is 0 Å². The standard InChI is InChI=1S/C14H26O3/c1-5-16-14(17-6-2)13(4)9-7-8-12(3)10-11-15/h9-10,14-15H,5-8,11H2,1-4H3. The van der Waals surface area contributed by atoms with Crippen LogP contribution in [0.25, 0.3) is 0 Å². The van der Waals surface area contributed by atoms with Crippen LogP contribution in [0.5, 0.6) is 0 Å². The van der Waals surface area contributed by atoms with E-state index in [1.807, 2.05) is 33.8 Å². The first-order valence-electron chi connectivity index (χ1n) is 6.32. The first-order chi connectivity index (χ1) is 8.15. The fraction of sp³-hybridized carbons (Fsp3) is 0.714. The molecule has 0 aliphatic heterocycles. The number of aliphatic hydroxyl groups excluding tert-OH is 1. The molecule has 0 spiro atoms. The van der Waals surface area contributed by atoms with Crippen LogP contribution in [-0.4, -0.2) is 31.2 Å². The van der Waals surface area contributed by atoms with Gasteiger partial charge in [-0.3, -0.25) is 0 Å². The van der Waals surface area contributed by atoms with Crippen molar-refractivity contribution >= 4 is 0 Å². The normalized spacial score (nSPS) is 13.5. The van der Waals surface area contributed by atoms with Crippen LogP contribution in [0.15, 0.2) is 23.3 Å². The van der Waals surface area contributed by atoms with Crippen molar-refractivity contribution in [3.63, 3.8) is 0 Å². The van der Waals surface area contributed by atoms with Crippen LogP contribution in [0.4, 0.5) is 0 Å². The predicted molar refractivity (Wildman–Crippen MR) is 70.9 cm³/mol. The molecule has 3 nitrogen and oxygen atoms in total. The maximum absolute atomic E-state index is 8.74. The van der Waals surface area contributed by atoms with Gasteiger partial charge in [0.2, 0.25) is 0 Å². The molecule has 0 aliphatic rings. The molecular formula is C14H26O3. The minimum Gasteiger partial charge on any atom is -0.392 e. The molecule has 0 aromatic heterocycles. The second-order valence-corrected chi connectivity index (χ2v) is 3.96. The lowest BCUT2D eigenvalue weighted by Crippen LogP contribution is -2.18. The SMILES string of the molecule is CCOC(OCC)C(C)=CCCC(C)=CCO. The number of hydrogen-bond acceptors (Lipinski definition) is 3. The Kier molecular flexibility index (Phi) is 10.1. The molecule has 0 saturated heterocycles. The highest BCUT2D eigenvalue weighted by Crippen LogP contribution is 2.12. The Morgan fingerprint density at radius 3 is 2.18 bits per heavy atom. The van der Waals surface area contributed by atoms with E-state index < -0.39 is 0 Å². The van der Waals surface area contributed by atoms with Gasteiger partial charge in [0.1, 0.15) is 0 Å². The number of ether oxygens (including phenoxy) is 2. The predicted octanol–water partition coefficient (Wildman–Crippen LogP) is 3.05. The van der Waals surface area contributed by atoms with Crippen LogP contribution < -0.4 is 0 Å². The van der Waals surface area contributed by atoms with E-state index in [9.17, 15) is 0 Å². The van der Waals surface area contributed by atoms with E-state index in [4.69, 9.17) is 14.6 Å². The van der Waals surface area contributed by atoms with Crippen molar-refractivity contribution in [2.75, 3.05) is 19.8 Å². The first-order valence-corrected chi connectivity index (χ1v) is 6.32. The van der Waals surface area contributed by atoms with Crippen LogP contribution in [0.3, 0.4) is 0 Å². The van der Waals surface area contributed by atoms with Crippen molar-refractivity contribution < 1.29 is 14.6 Å². The van der Waals surface area contributed by atoms with Gasteiger partial charge in [-0.05, 0) is 46.1 Å². The Bertz CT molecular complexity index is 238. The van der Waals surface area contributed by atoms with Crippen molar-refractivity contribution in [2.45, 2.75) is 46.8 Å². The number of hydrogen-bond donors (Lipinski definition) is 1. The summed E-state index contributed by atoms with van der Waals surface area (Å²) in [6, 6.07) is 0. The van der Waals surface area contributed by atoms with Gasteiger partial charge in [0, 0.05) is 13.2 Å². The lowest BCUT2D eigenvalue weighted by atomic mass is 10.1. The van der Waals surface area contributed by atoms with Gasteiger partial charge in [-0.15, -0.1) is 0 Å². The Hall–Kier alpha value is -0.640. The third kappa shape index (κ3) is 8.13. The highest BCUT2D eigenvalue weighted by atomic mass is 16.7. The quantitative estimate of drug-likeness (QED) is 0.499. The van der Waals surface area contributed by atoms with E-state index in [0.29, 0.717) is 13.2 Å². The summed E-state index contributed by atoms with van der Waals surface area (Å²) in [5.74, 6) is 0. The Balaban J connectivity index is 4.15. The maximum atomic E-state index is 8.74. The lowest BCUT2D eigenvalue weighted by Gasteiger charge is -2.17. The molecule has 0 unspecified atom stereocenters. The van der Waals surface area contributed by atoms with Crippen LogP contribution in [-0.2, 0) is 9.47 Å². The number of allylic oxidation sites excluding steroid dienone is 2. The zero-order valence-corrected chi connectivity index (χ0v) is 11.5. The van der Waals surface area contributed by atoms with Crippen LogP contribution in [0.2, 0.25) is 0 Å². The fourth-order valence-electron chi connectivity index (χ4n) is 1.50. The third-order valence-electron chi connectivity index (χ3n) is 2.45. The van der Waals surface area contributed by atoms with Gasteiger partial charge in [-0.25, -0.2) is 0 Å². The Morgan fingerprint density at radius 1 is 1.12 bits per heavy atom.